The molecule has 1 fully saturated rings. The maximum atomic E-state index is 6.70. The molecule has 0 bridgehead atoms. The molecule has 1 heterocycles. The Kier molecular flexibility index (Phi) is 3.06. The molecule has 2 aliphatic rings. The van der Waals surface area contributed by atoms with Gasteiger partial charge in [-0.15, -0.1) is 0 Å². The average molecular weight is 245 g/mol. The SMILES string of the molecule is CC1CCCC(N)(c2ccc3c(c2)CCO3)CC1. The molecule has 3 rings (SSSR count). The van der Waals surface area contributed by atoms with E-state index in [1.165, 1.54) is 30.4 Å². The fourth-order valence-corrected chi connectivity index (χ4v) is 3.32. The summed E-state index contributed by atoms with van der Waals surface area (Å²) in [4.78, 5) is 0. The predicted molar refractivity (Wildman–Crippen MR) is 73.8 cm³/mol. The molecule has 1 aliphatic carbocycles. The number of benzene rings is 1. The molecular weight excluding hydrogens is 222 g/mol. The average Bonchev–Trinajstić information content (AvgIpc) is 2.76. The molecular formula is C16H23NO. The van der Waals surface area contributed by atoms with E-state index < -0.39 is 0 Å². The van der Waals surface area contributed by atoms with Gasteiger partial charge in [-0.25, -0.2) is 0 Å². The van der Waals surface area contributed by atoms with Gasteiger partial charge in [0, 0.05) is 12.0 Å². The van der Waals surface area contributed by atoms with Gasteiger partial charge in [-0.1, -0.05) is 31.9 Å². The fraction of sp³-hybridized carbons (Fsp3) is 0.625. The molecule has 2 atom stereocenters. The summed E-state index contributed by atoms with van der Waals surface area (Å²) in [5.74, 6) is 1.89. The van der Waals surface area contributed by atoms with E-state index in [4.69, 9.17) is 10.5 Å². The minimum Gasteiger partial charge on any atom is -0.493 e. The van der Waals surface area contributed by atoms with Gasteiger partial charge in [0.05, 0.1) is 6.61 Å². The van der Waals surface area contributed by atoms with Crippen LogP contribution in [0.5, 0.6) is 5.75 Å². The molecule has 1 saturated carbocycles. The normalized spacial score (nSPS) is 31.6. The van der Waals surface area contributed by atoms with Gasteiger partial charge in [0.25, 0.3) is 0 Å². The maximum absolute atomic E-state index is 6.70. The number of nitrogens with two attached hydrogens (primary N) is 1. The monoisotopic (exact) mass is 245 g/mol. The highest BCUT2D eigenvalue weighted by molar-refractivity contribution is 5.42. The molecule has 98 valence electrons. The zero-order valence-corrected chi connectivity index (χ0v) is 11.2. The van der Waals surface area contributed by atoms with Crippen LogP contribution in [-0.4, -0.2) is 6.61 Å². The van der Waals surface area contributed by atoms with Gasteiger partial charge in [0.1, 0.15) is 5.75 Å². The summed E-state index contributed by atoms with van der Waals surface area (Å²) in [5, 5.41) is 0. The van der Waals surface area contributed by atoms with Gasteiger partial charge in [-0.3, -0.25) is 0 Å². The van der Waals surface area contributed by atoms with Crippen molar-refractivity contribution in [2.75, 3.05) is 6.61 Å². The highest BCUT2D eigenvalue weighted by atomic mass is 16.5. The van der Waals surface area contributed by atoms with Gasteiger partial charge < -0.3 is 10.5 Å². The molecule has 0 spiro atoms. The Balaban J connectivity index is 1.88. The van der Waals surface area contributed by atoms with Crippen molar-refractivity contribution in [3.05, 3.63) is 29.3 Å². The third-order valence-electron chi connectivity index (χ3n) is 4.67. The minimum absolute atomic E-state index is 0.109. The Morgan fingerprint density at radius 1 is 1.28 bits per heavy atom. The first-order valence-electron chi connectivity index (χ1n) is 7.22. The van der Waals surface area contributed by atoms with Crippen molar-refractivity contribution in [3.8, 4) is 5.75 Å². The van der Waals surface area contributed by atoms with Crippen molar-refractivity contribution in [2.24, 2.45) is 11.7 Å². The number of fused-ring (bicyclic) bond motifs is 1. The van der Waals surface area contributed by atoms with Crippen molar-refractivity contribution in [1.29, 1.82) is 0 Å². The Morgan fingerprint density at radius 2 is 2.17 bits per heavy atom. The topological polar surface area (TPSA) is 35.2 Å². The van der Waals surface area contributed by atoms with Gasteiger partial charge in [-0.05, 0) is 42.4 Å². The van der Waals surface area contributed by atoms with E-state index >= 15 is 0 Å². The molecule has 2 N–H and O–H groups in total. The van der Waals surface area contributed by atoms with Crippen molar-refractivity contribution in [1.82, 2.24) is 0 Å². The van der Waals surface area contributed by atoms with Gasteiger partial charge >= 0.3 is 0 Å². The quantitative estimate of drug-likeness (QED) is 0.770. The lowest BCUT2D eigenvalue weighted by molar-refractivity contribution is 0.356. The molecule has 1 aromatic rings. The van der Waals surface area contributed by atoms with Crippen LogP contribution < -0.4 is 10.5 Å². The second kappa shape index (κ2) is 4.58. The van der Waals surface area contributed by atoms with Crippen molar-refractivity contribution >= 4 is 0 Å². The Labute approximate surface area is 110 Å². The van der Waals surface area contributed by atoms with Crippen LogP contribution in [-0.2, 0) is 12.0 Å². The summed E-state index contributed by atoms with van der Waals surface area (Å²) in [7, 11) is 0. The van der Waals surface area contributed by atoms with E-state index in [0.29, 0.717) is 0 Å². The van der Waals surface area contributed by atoms with Crippen LogP contribution in [0.1, 0.15) is 50.2 Å². The first kappa shape index (κ1) is 12.0. The molecule has 2 nitrogen and oxygen atoms in total. The lowest BCUT2D eigenvalue weighted by Gasteiger charge is -2.29. The van der Waals surface area contributed by atoms with Crippen molar-refractivity contribution in [2.45, 2.75) is 51.0 Å². The zero-order valence-electron chi connectivity index (χ0n) is 11.2. The summed E-state index contributed by atoms with van der Waals surface area (Å²) in [6, 6.07) is 6.58. The molecule has 0 saturated heterocycles. The number of hydrogen-bond acceptors (Lipinski definition) is 2. The van der Waals surface area contributed by atoms with Crippen LogP contribution >= 0.6 is 0 Å². The van der Waals surface area contributed by atoms with Crippen molar-refractivity contribution < 1.29 is 4.74 Å². The largest absolute Gasteiger partial charge is 0.493 e. The molecule has 2 heteroatoms. The predicted octanol–water partition coefficient (Wildman–Crippen LogP) is 3.38. The molecule has 1 aromatic carbocycles. The molecule has 0 radical (unpaired) electrons. The lowest BCUT2D eigenvalue weighted by Crippen LogP contribution is -2.36. The maximum Gasteiger partial charge on any atom is 0.122 e. The van der Waals surface area contributed by atoms with Gasteiger partial charge in [0.2, 0.25) is 0 Å². The van der Waals surface area contributed by atoms with Crippen LogP contribution in [0.25, 0.3) is 0 Å². The fourth-order valence-electron chi connectivity index (χ4n) is 3.32. The third kappa shape index (κ3) is 2.14. The standard InChI is InChI=1S/C16H23NO/c1-12-3-2-8-16(17,9-6-12)14-4-5-15-13(11-14)7-10-18-15/h4-5,11-12H,2-3,6-10,17H2,1H3. The minimum atomic E-state index is -0.109. The van der Waals surface area contributed by atoms with Crippen molar-refractivity contribution in [3.63, 3.8) is 0 Å². The first-order chi connectivity index (χ1) is 8.67. The van der Waals surface area contributed by atoms with E-state index in [9.17, 15) is 0 Å². The number of ether oxygens (including phenoxy) is 1. The second-order valence-corrected chi connectivity index (χ2v) is 6.11. The van der Waals surface area contributed by atoms with Crippen LogP contribution in [0.3, 0.4) is 0 Å². The molecule has 0 amide bonds. The zero-order chi connectivity index (χ0) is 12.6. The van der Waals surface area contributed by atoms with Gasteiger partial charge in [0.15, 0.2) is 0 Å². The van der Waals surface area contributed by atoms with E-state index in [1.807, 2.05) is 0 Å². The Bertz CT molecular complexity index is 443. The summed E-state index contributed by atoms with van der Waals surface area (Å²) in [6.07, 6.45) is 7.11. The summed E-state index contributed by atoms with van der Waals surface area (Å²) in [5.41, 5.74) is 9.25. The highest BCUT2D eigenvalue weighted by Crippen LogP contribution is 2.38. The summed E-state index contributed by atoms with van der Waals surface area (Å²) >= 11 is 0. The molecule has 0 aromatic heterocycles. The van der Waals surface area contributed by atoms with E-state index in [2.05, 4.69) is 25.1 Å². The van der Waals surface area contributed by atoms with Gasteiger partial charge in [-0.2, -0.15) is 0 Å². The van der Waals surface area contributed by atoms with Crippen LogP contribution in [0.2, 0.25) is 0 Å². The van der Waals surface area contributed by atoms with Crippen LogP contribution in [0.15, 0.2) is 18.2 Å². The second-order valence-electron chi connectivity index (χ2n) is 6.11. The van der Waals surface area contributed by atoms with Crippen LogP contribution in [0.4, 0.5) is 0 Å². The number of rotatable bonds is 1. The smallest absolute Gasteiger partial charge is 0.122 e. The lowest BCUT2D eigenvalue weighted by atomic mass is 9.83. The van der Waals surface area contributed by atoms with E-state index in [-0.39, 0.29) is 5.54 Å². The first-order valence-corrected chi connectivity index (χ1v) is 7.22. The Morgan fingerprint density at radius 3 is 3.06 bits per heavy atom. The molecule has 1 aliphatic heterocycles. The van der Waals surface area contributed by atoms with E-state index in [1.54, 1.807) is 0 Å². The number of hydrogen-bond donors (Lipinski definition) is 1. The summed E-state index contributed by atoms with van der Waals surface area (Å²) < 4.78 is 5.57. The molecule has 18 heavy (non-hydrogen) atoms. The highest BCUT2D eigenvalue weighted by Gasteiger charge is 2.30. The van der Waals surface area contributed by atoms with Crippen LogP contribution in [0, 0.1) is 5.92 Å². The van der Waals surface area contributed by atoms with E-state index in [0.717, 1.165) is 37.5 Å². The Hall–Kier alpha value is -1.02. The third-order valence-corrected chi connectivity index (χ3v) is 4.67. The molecule has 2 unspecified atom stereocenters. The summed E-state index contributed by atoms with van der Waals surface area (Å²) in [6.45, 7) is 3.18.